The lowest BCUT2D eigenvalue weighted by molar-refractivity contribution is 1.56. The molecule has 3 aromatic rings. The summed E-state index contributed by atoms with van der Waals surface area (Å²) in [7, 11) is 0. The van der Waals surface area contributed by atoms with Crippen molar-refractivity contribution in [2.75, 3.05) is 12.9 Å². The molecule has 0 aliphatic carbocycles. The summed E-state index contributed by atoms with van der Waals surface area (Å²) >= 11 is -1.66. The third kappa shape index (κ3) is 4.29. The number of hydrogen-bond acceptors (Lipinski definition) is 3. The zero-order valence-corrected chi connectivity index (χ0v) is 13.4. The van der Waals surface area contributed by atoms with E-state index in [2.05, 4.69) is 49.3 Å². The van der Waals surface area contributed by atoms with Gasteiger partial charge < -0.3 is 12.9 Å². The Bertz CT molecular complexity index is 576. The van der Waals surface area contributed by atoms with E-state index in [0.29, 0.717) is 0 Å². The van der Waals surface area contributed by atoms with Crippen molar-refractivity contribution in [3.8, 4) is 0 Å². The second-order valence-electron chi connectivity index (χ2n) is 4.96. The van der Waals surface area contributed by atoms with Gasteiger partial charge in [0.1, 0.15) is 0 Å². The van der Waals surface area contributed by atoms with Crippen LogP contribution in [0.15, 0.2) is 91.0 Å². The lowest BCUT2D eigenvalue weighted by atomic mass is 10.3. The summed E-state index contributed by atoms with van der Waals surface area (Å²) in [5.41, 5.74) is 3.35. The smallest absolute Gasteiger partial charge is 0.439 e. The maximum absolute atomic E-state index is 3.59. The average Bonchev–Trinajstić information content (AvgIpc) is 2.57. The van der Waals surface area contributed by atoms with Gasteiger partial charge in [0.25, 0.3) is 0 Å². The minimum atomic E-state index is -1.66. The zero-order chi connectivity index (χ0) is 15.0. The minimum absolute atomic E-state index is 1.12. The lowest BCUT2D eigenvalue weighted by Gasteiger charge is -2.18. The standard InChI is InChI=1S/3C6H6N.Al/c3*7-6-4-2-1-3-5-6;/h3*1-5,7H;/q3*-1;+3. The molecule has 4 heteroatoms. The highest BCUT2D eigenvalue weighted by atomic mass is 27.2. The van der Waals surface area contributed by atoms with Crippen molar-refractivity contribution in [1.82, 2.24) is 0 Å². The molecule has 0 spiro atoms. The van der Waals surface area contributed by atoms with Gasteiger partial charge in [-0.05, 0) is 36.4 Å². The molecular formula is C18H18AlN3. The minimum Gasteiger partial charge on any atom is -0.439 e. The Kier molecular flexibility index (Phi) is 4.99. The van der Waals surface area contributed by atoms with E-state index in [0.717, 1.165) is 17.1 Å². The molecule has 3 aromatic carbocycles. The second-order valence-corrected chi connectivity index (χ2v) is 6.70. The summed E-state index contributed by atoms with van der Waals surface area (Å²) in [4.78, 5) is 0. The van der Waals surface area contributed by atoms with Crippen LogP contribution in [-0.2, 0) is 0 Å². The normalized spacial score (nSPS) is 9.82. The third-order valence-electron chi connectivity index (χ3n) is 3.25. The molecule has 0 bridgehead atoms. The van der Waals surface area contributed by atoms with Crippen LogP contribution in [0.1, 0.15) is 0 Å². The molecule has 3 nitrogen and oxygen atoms in total. The molecule has 0 radical (unpaired) electrons. The molecule has 0 heterocycles. The molecule has 0 amide bonds. The van der Waals surface area contributed by atoms with Crippen LogP contribution in [0, 0.1) is 0 Å². The van der Waals surface area contributed by atoms with Gasteiger partial charge in [-0.15, -0.1) is 0 Å². The fraction of sp³-hybridized carbons (Fsp3) is 0. The molecule has 0 saturated carbocycles. The molecule has 3 rings (SSSR count). The first-order chi connectivity index (χ1) is 10.9. The Labute approximate surface area is 136 Å². The first-order valence-corrected chi connectivity index (χ1v) is 9.08. The van der Waals surface area contributed by atoms with E-state index in [4.69, 9.17) is 0 Å². The van der Waals surface area contributed by atoms with Gasteiger partial charge in [-0.1, -0.05) is 54.6 Å². The number of anilines is 3. The summed E-state index contributed by atoms with van der Waals surface area (Å²) in [5.74, 6) is 0. The monoisotopic (exact) mass is 303 g/mol. The van der Waals surface area contributed by atoms with Crippen LogP contribution in [-0.4, -0.2) is 14.8 Å². The number of nitrogens with one attached hydrogen (secondary N) is 3. The van der Waals surface area contributed by atoms with Gasteiger partial charge in [-0.25, -0.2) is 0 Å². The first kappa shape index (κ1) is 14.5. The predicted molar refractivity (Wildman–Crippen MR) is 95.9 cm³/mol. The highest BCUT2D eigenvalue weighted by Gasteiger charge is 2.24. The Morgan fingerprint density at radius 1 is 0.409 bits per heavy atom. The van der Waals surface area contributed by atoms with Crippen molar-refractivity contribution in [3.05, 3.63) is 91.0 Å². The van der Waals surface area contributed by atoms with Crippen molar-refractivity contribution in [1.29, 1.82) is 0 Å². The largest absolute Gasteiger partial charge is 0.733 e. The maximum atomic E-state index is 3.59. The van der Waals surface area contributed by atoms with E-state index < -0.39 is 14.8 Å². The number of hydrogen-bond donors (Lipinski definition) is 3. The van der Waals surface area contributed by atoms with E-state index in [-0.39, 0.29) is 0 Å². The summed E-state index contributed by atoms with van der Waals surface area (Å²) in [5, 5.41) is 0. The highest BCUT2D eigenvalue weighted by molar-refractivity contribution is 6.69. The van der Waals surface area contributed by atoms with Gasteiger partial charge in [0, 0.05) is 17.1 Å². The van der Waals surface area contributed by atoms with Gasteiger partial charge >= 0.3 is 14.8 Å². The molecule has 108 valence electrons. The van der Waals surface area contributed by atoms with E-state index in [9.17, 15) is 0 Å². The van der Waals surface area contributed by atoms with Gasteiger partial charge in [-0.3, -0.25) is 0 Å². The fourth-order valence-corrected chi connectivity index (χ4v) is 4.01. The maximum Gasteiger partial charge on any atom is 0.733 e. The highest BCUT2D eigenvalue weighted by Crippen LogP contribution is 2.12. The molecule has 3 N–H and O–H groups in total. The average molecular weight is 303 g/mol. The van der Waals surface area contributed by atoms with Crippen molar-refractivity contribution < 1.29 is 0 Å². The van der Waals surface area contributed by atoms with Crippen molar-refractivity contribution in [2.45, 2.75) is 0 Å². The molecule has 0 unspecified atom stereocenters. The van der Waals surface area contributed by atoms with Crippen LogP contribution in [0.4, 0.5) is 17.1 Å². The SMILES string of the molecule is c1ccc([NH][Al]([NH]c2ccccc2)[NH]c2ccccc2)cc1. The third-order valence-corrected chi connectivity index (χ3v) is 5.12. The second kappa shape index (κ2) is 7.56. The Hall–Kier alpha value is -2.41. The van der Waals surface area contributed by atoms with Crippen LogP contribution in [0.2, 0.25) is 0 Å². The number of rotatable bonds is 6. The number of benzene rings is 3. The topological polar surface area (TPSA) is 36.1 Å². The number of para-hydroxylation sites is 3. The van der Waals surface area contributed by atoms with E-state index in [1.807, 2.05) is 54.6 Å². The van der Waals surface area contributed by atoms with Crippen molar-refractivity contribution in [3.63, 3.8) is 0 Å². The molecule has 0 aromatic heterocycles. The molecule has 22 heavy (non-hydrogen) atoms. The van der Waals surface area contributed by atoms with E-state index in [1.54, 1.807) is 0 Å². The van der Waals surface area contributed by atoms with E-state index in [1.165, 1.54) is 0 Å². The van der Waals surface area contributed by atoms with Crippen LogP contribution in [0.25, 0.3) is 0 Å². The quantitative estimate of drug-likeness (QED) is 0.594. The summed E-state index contributed by atoms with van der Waals surface area (Å²) in [6, 6.07) is 30.8. The lowest BCUT2D eigenvalue weighted by Crippen LogP contribution is -2.42. The molecule has 0 fully saturated rings. The molecular weight excluding hydrogens is 285 g/mol. The van der Waals surface area contributed by atoms with Gasteiger partial charge in [0.05, 0.1) is 0 Å². The first-order valence-electron chi connectivity index (χ1n) is 7.35. The van der Waals surface area contributed by atoms with Gasteiger partial charge in [-0.2, -0.15) is 0 Å². The summed E-state index contributed by atoms with van der Waals surface area (Å²) in [6.45, 7) is 0. The van der Waals surface area contributed by atoms with Crippen LogP contribution in [0.3, 0.4) is 0 Å². The Morgan fingerprint density at radius 2 is 0.682 bits per heavy atom. The molecule has 0 saturated heterocycles. The van der Waals surface area contributed by atoms with Crippen molar-refractivity contribution >= 4 is 31.9 Å². The van der Waals surface area contributed by atoms with Crippen LogP contribution < -0.4 is 12.9 Å². The molecule has 0 aliphatic rings. The Balaban J connectivity index is 1.75. The van der Waals surface area contributed by atoms with Gasteiger partial charge in [0.15, 0.2) is 0 Å². The predicted octanol–water partition coefficient (Wildman–Crippen LogP) is 4.31. The molecule has 0 aliphatic heterocycles. The van der Waals surface area contributed by atoms with Gasteiger partial charge in [0.2, 0.25) is 0 Å². The van der Waals surface area contributed by atoms with Crippen LogP contribution >= 0.6 is 0 Å². The Morgan fingerprint density at radius 3 is 0.955 bits per heavy atom. The van der Waals surface area contributed by atoms with Crippen LogP contribution in [0.5, 0.6) is 0 Å². The zero-order valence-electron chi connectivity index (χ0n) is 12.2. The molecule has 0 atom stereocenters. The van der Waals surface area contributed by atoms with E-state index >= 15 is 0 Å². The fourth-order valence-electron chi connectivity index (χ4n) is 2.21. The summed E-state index contributed by atoms with van der Waals surface area (Å²) in [6.07, 6.45) is 0. The summed E-state index contributed by atoms with van der Waals surface area (Å²) < 4.78 is 10.8. The van der Waals surface area contributed by atoms with Crippen molar-refractivity contribution in [2.24, 2.45) is 0 Å².